The Morgan fingerprint density at radius 3 is 2.59 bits per heavy atom. The van der Waals surface area contributed by atoms with Crippen LogP contribution in [0.3, 0.4) is 0 Å². The van der Waals surface area contributed by atoms with Gasteiger partial charge in [-0.1, -0.05) is 20.8 Å². The third-order valence-electron chi connectivity index (χ3n) is 5.62. The fraction of sp³-hybridized carbons (Fsp3) is 0.435. The van der Waals surface area contributed by atoms with Gasteiger partial charge in [0.25, 0.3) is 0 Å². The number of phenols is 1. The molecule has 6 heteroatoms. The molecule has 2 heterocycles. The molecule has 0 radical (unpaired) electrons. The maximum Gasteiger partial charge on any atom is 0.325 e. The molecule has 2 aromatic rings. The van der Waals surface area contributed by atoms with Crippen molar-refractivity contribution in [2.24, 2.45) is 0 Å². The van der Waals surface area contributed by atoms with Gasteiger partial charge in [0.05, 0.1) is 12.6 Å². The van der Waals surface area contributed by atoms with E-state index in [0.29, 0.717) is 24.5 Å². The molecule has 0 saturated carbocycles. The highest BCUT2D eigenvalue weighted by molar-refractivity contribution is 5.95. The Bertz CT molecular complexity index is 949. The first-order valence-corrected chi connectivity index (χ1v) is 10.0. The van der Waals surface area contributed by atoms with Gasteiger partial charge in [-0.25, -0.2) is 4.79 Å². The fourth-order valence-corrected chi connectivity index (χ4v) is 4.13. The van der Waals surface area contributed by atoms with Crippen molar-refractivity contribution in [1.82, 2.24) is 5.32 Å². The number of nitrogens with one attached hydrogen (secondary N) is 1. The van der Waals surface area contributed by atoms with Crippen molar-refractivity contribution < 1.29 is 19.4 Å². The first kappa shape index (κ1) is 19.4. The number of hydrogen-bond donors (Lipinski definition) is 2. The predicted molar refractivity (Wildman–Crippen MR) is 112 cm³/mol. The average Bonchev–Trinajstić information content (AvgIpc) is 2.63. The van der Waals surface area contributed by atoms with Crippen LogP contribution in [0.15, 0.2) is 36.4 Å². The lowest BCUT2D eigenvalue weighted by Crippen LogP contribution is -2.65. The first-order chi connectivity index (χ1) is 13.6. The van der Waals surface area contributed by atoms with E-state index >= 15 is 0 Å². The number of phenolic OH excluding ortho intramolecular Hbond substituents is 1. The van der Waals surface area contributed by atoms with Crippen LogP contribution in [0.5, 0.6) is 17.2 Å². The van der Waals surface area contributed by atoms with Gasteiger partial charge < -0.3 is 19.9 Å². The Kier molecular flexibility index (Phi) is 4.41. The topological polar surface area (TPSA) is 71.0 Å². The zero-order valence-electron chi connectivity index (χ0n) is 17.6. The summed E-state index contributed by atoms with van der Waals surface area (Å²) in [6, 6.07) is 10.7. The molecular formula is C23H28N2O4. The molecule has 2 bridgehead atoms. The Labute approximate surface area is 171 Å². The lowest BCUT2D eigenvalue weighted by atomic mass is 9.82. The van der Waals surface area contributed by atoms with E-state index in [9.17, 15) is 9.90 Å². The number of fused-ring (bicyclic) bond motifs is 4. The lowest BCUT2D eigenvalue weighted by Gasteiger charge is -2.50. The van der Waals surface area contributed by atoms with E-state index in [2.05, 4.69) is 26.1 Å². The maximum absolute atomic E-state index is 13.0. The van der Waals surface area contributed by atoms with E-state index in [1.54, 1.807) is 11.0 Å². The molecule has 2 aromatic carbocycles. The van der Waals surface area contributed by atoms with Crippen LogP contribution in [0.1, 0.15) is 58.2 Å². The van der Waals surface area contributed by atoms with Crippen LogP contribution in [0.2, 0.25) is 0 Å². The molecule has 0 aliphatic carbocycles. The van der Waals surface area contributed by atoms with Crippen LogP contribution >= 0.6 is 0 Å². The number of urea groups is 1. The number of carbonyl (C=O) groups excluding carboxylic acids is 1. The molecule has 6 nitrogen and oxygen atoms in total. The van der Waals surface area contributed by atoms with Gasteiger partial charge in [-0.3, -0.25) is 4.90 Å². The van der Waals surface area contributed by atoms with Crippen molar-refractivity contribution in [2.75, 3.05) is 11.5 Å². The second-order valence-electron chi connectivity index (χ2n) is 8.91. The number of ether oxygens (including phenoxy) is 2. The summed E-state index contributed by atoms with van der Waals surface area (Å²) in [5.41, 5.74) is 1.51. The molecule has 0 aromatic heterocycles. The van der Waals surface area contributed by atoms with Crippen molar-refractivity contribution in [3.8, 4) is 17.2 Å². The molecule has 2 aliphatic heterocycles. The summed E-state index contributed by atoms with van der Waals surface area (Å²) in [7, 11) is 0. The average molecular weight is 396 g/mol. The number of benzene rings is 2. The monoisotopic (exact) mass is 396 g/mol. The molecule has 2 atom stereocenters. The molecule has 29 heavy (non-hydrogen) atoms. The van der Waals surface area contributed by atoms with Crippen molar-refractivity contribution >= 4 is 11.7 Å². The van der Waals surface area contributed by atoms with Gasteiger partial charge in [0.2, 0.25) is 0 Å². The molecule has 2 amide bonds. The zero-order valence-corrected chi connectivity index (χ0v) is 17.6. The Morgan fingerprint density at radius 1 is 1.28 bits per heavy atom. The van der Waals surface area contributed by atoms with Gasteiger partial charge in [0.1, 0.15) is 5.75 Å². The fourth-order valence-electron chi connectivity index (χ4n) is 4.13. The Balaban J connectivity index is 1.74. The smallest absolute Gasteiger partial charge is 0.325 e. The molecule has 154 valence electrons. The highest BCUT2D eigenvalue weighted by Gasteiger charge is 2.50. The Morgan fingerprint density at radius 2 is 1.97 bits per heavy atom. The second-order valence-corrected chi connectivity index (χ2v) is 8.91. The number of amides is 2. The summed E-state index contributed by atoms with van der Waals surface area (Å²) < 4.78 is 11.8. The first-order valence-electron chi connectivity index (χ1n) is 10.0. The SMILES string of the molecule is CCOc1ccc(N2C(=O)N[C@@H]3C[C@@]2(C)Oc2c(O)cc(C(C)(C)C)cc23)cc1. The molecule has 1 saturated heterocycles. The van der Waals surface area contributed by atoms with E-state index in [-0.39, 0.29) is 23.2 Å². The third kappa shape index (κ3) is 3.26. The largest absolute Gasteiger partial charge is 0.504 e. The molecule has 0 spiro atoms. The molecular weight excluding hydrogens is 368 g/mol. The number of rotatable bonds is 3. The molecule has 2 N–H and O–H groups in total. The number of carbonyl (C=O) groups is 1. The molecule has 2 aliphatic rings. The summed E-state index contributed by atoms with van der Waals surface area (Å²) in [6.07, 6.45) is 0.575. The van der Waals surface area contributed by atoms with E-state index in [1.807, 2.05) is 44.2 Å². The normalized spacial score (nSPS) is 23.1. The number of aromatic hydroxyl groups is 1. The maximum atomic E-state index is 13.0. The van der Waals surface area contributed by atoms with Crippen molar-refractivity contribution in [1.29, 1.82) is 0 Å². The van der Waals surface area contributed by atoms with E-state index in [0.717, 1.165) is 16.9 Å². The molecule has 4 rings (SSSR count). The van der Waals surface area contributed by atoms with Gasteiger partial charge in [0, 0.05) is 17.7 Å². The molecule has 0 unspecified atom stereocenters. The van der Waals surface area contributed by atoms with Crippen molar-refractivity contribution in [3.63, 3.8) is 0 Å². The van der Waals surface area contributed by atoms with Gasteiger partial charge >= 0.3 is 6.03 Å². The standard InChI is InChI=1S/C23H28N2O4/c1-6-28-16-9-7-15(8-10-16)25-21(27)24-18-13-23(25,5)29-20-17(18)11-14(12-19(20)26)22(2,3)4/h7-12,18,26H,6,13H2,1-5H3,(H,24,27)/t18-,23-/m1/s1. The number of anilines is 1. The van der Waals surface area contributed by atoms with Crippen LogP contribution in [-0.4, -0.2) is 23.5 Å². The van der Waals surface area contributed by atoms with Crippen LogP contribution in [0, 0.1) is 0 Å². The van der Waals surface area contributed by atoms with Gasteiger partial charge in [-0.15, -0.1) is 0 Å². The summed E-state index contributed by atoms with van der Waals surface area (Å²) in [5, 5.41) is 13.8. The summed E-state index contributed by atoms with van der Waals surface area (Å²) >= 11 is 0. The van der Waals surface area contributed by atoms with Crippen LogP contribution in [0.4, 0.5) is 10.5 Å². The Hall–Kier alpha value is -2.89. The van der Waals surface area contributed by atoms with Gasteiger partial charge in [-0.2, -0.15) is 0 Å². The lowest BCUT2D eigenvalue weighted by molar-refractivity contribution is 0.0348. The van der Waals surface area contributed by atoms with Crippen LogP contribution in [0.25, 0.3) is 0 Å². The quantitative estimate of drug-likeness (QED) is 0.777. The summed E-state index contributed by atoms with van der Waals surface area (Å²) in [5.74, 6) is 1.29. The van der Waals surface area contributed by atoms with E-state index in [4.69, 9.17) is 9.47 Å². The zero-order chi connectivity index (χ0) is 21.0. The van der Waals surface area contributed by atoms with Crippen LogP contribution < -0.4 is 19.7 Å². The summed E-state index contributed by atoms with van der Waals surface area (Å²) in [4.78, 5) is 14.7. The number of hydrogen-bond acceptors (Lipinski definition) is 4. The third-order valence-corrected chi connectivity index (χ3v) is 5.62. The highest BCUT2D eigenvalue weighted by atomic mass is 16.5. The van der Waals surface area contributed by atoms with Gasteiger partial charge in [0.15, 0.2) is 17.2 Å². The van der Waals surface area contributed by atoms with E-state index < -0.39 is 5.72 Å². The second kappa shape index (κ2) is 6.58. The summed E-state index contributed by atoms with van der Waals surface area (Å²) in [6.45, 7) is 10.7. The molecule has 1 fully saturated rings. The minimum Gasteiger partial charge on any atom is -0.504 e. The van der Waals surface area contributed by atoms with E-state index in [1.165, 1.54) is 0 Å². The van der Waals surface area contributed by atoms with Crippen molar-refractivity contribution in [2.45, 2.75) is 58.2 Å². The van der Waals surface area contributed by atoms with Crippen LogP contribution in [-0.2, 0) is 5.41 Å². The minimum absolute atomic E-state index is 0.103. The highest BCUT2D eigenvalue weighted by Crippen LogP contribution is 2.50. The minimum atomic E-state index is -0.909. The van der Waals surface area contributed by atoms with Crippen molar-refractivity contribution in [3.05, 3.63) is 47.5 Å². The van der Waals surface area contributed by atoms with Gasteiger partial charge in [-0.05, 0) is 61.2 Å². The number of nitrogens with zero attached hydrogens (tertiary/aromatic N) is 1. The predicted octanol–water partition coefficient (Wildman–Crippen LogP) is 4.86.